The molecular weight excluding hydrogens is 283 g/mol. The highest BCUT2D eigenvalue weighted by Crippen LogP contribution is 2.24. The van der Waals surface area contributed by atoms with Crippen molar-refractivity contribution in [1.82, 2.24) is 9.80 Å². The van der Waals surface area contributed by atoms with Gasteiger partial charge >= 0.3 is 10.2 Å². The van der Waals surface area contributed by atoms with Gasteiger partial charge in [-0.05, 0) is 24.8 Å². The zero-order valence-corrected chi connectivity index (χ0v) is 12.9. The van der Waals surface area contributed by atoms with Crippen molar-refractivity contribution in [3.63, 3.8) is 0 Å². The van der Waals surface area contributed by atoms with Crippen LogP contribution in [0, 0.1) is 11.8 Å². The lowest BCUT2D eigenvalue weighted by molar-refractivity contribution is -0.128. The van der Waals surface area contributed by atoms with Crippen LogP contribution in [-0.4, -0.2) is 62.1 Å². The molecule has 2 heterocycles. The maximum atomic E-state index is 12.9. The quantitative estimate of drug-likeness (QED) is 0.707. The number of halogens is 1. The molecule has 5 nitrogen and oxygen atoms in total. The second kappa shape index (κ2) is 5.97. The molecule has 0 radical (unpaired) electrons. The third-order valence-electron chi connectivity index (χ3n) is 4.05. The minimum atomic E-state index is -4.60. The summed E-state index contributed by atoms with van der Waals surface area (Å²) in [6.07, 6.45) is 0.810. The standard InChI is InChI=1S/C13H23FN2O3S/c1-10(2)6-15-4-3-11(7-15)8-16-9-12(5-13(16)17)20(14,18)19/h10-12H,3-9H2,1-2H3. The first-order chi connectivity index (χ1) is 9.25. The number of nitrogens with zero attached hydrogens (tertiary/aromatic N) is 2. The lowest BCUT2D eigenvalue weighted by Gasteiger charge is -2.22. The van der Waals surface area contributed by atoms with Crippen LogP contribution >= 0.6 is 0 Å². The fourth-order valence-corrected chi connectivity index (χ4v) is 3.86. The molecule has 0 aromatic heterocycles. The van der Waals surface area contributed by atoms with Crippen LogP contribution in [0.15, 0.2) is 0 Å². The van der Waals surface area contributed by atoms with Gasteiger partial charge < -0.3 is 9.80 Å². The predicted octanol–water partition coefficient (Wildman–Crippen LogP) is 0.865. The van der Waals surface area contributed by atoms with Crippen molar-refractivity contribution in [2.75, 3.05) is 32.7 Å². The van der Waals surface area contributed by atoms with E-state index in [4.69, 9.17) is 0 Å². The van der Waals surface area contributed by atoms with E-state index < -0.39 is 15.5 Å². The zero-order valence-electron chi connectivity index (χ0n) is 12.1. The molecular formula is C13H23FN2O3S. The number of hydrogen-bond donors (Lipinski definition) is 0. The molecule has 2 aliphatic rings. The number of likely N-dealkylation sites (tertiary alicyclic amines) is 2. The largest absolute Gasteiger partial charge is 0.341 e. The van der Waals surface area contributed by atoms with E-state index in [2.05, 4.69) is 18.7 Å². The van der Waals surface area contributed by atoms with Gasteiger partial charge in [0.25, 0.3) is 0 Å². The van der Waals surface area contributed by atoms with E-state index in [1.807, 2.05) is 0 Å². The average molecular weight is 306 g/mol. The maximum Gasteiger partial charge on any atom is 0.307 e. The lowest BCUT2D eigenvalue weighted by Crippen LogP contribution is -2.34. The molecule has 2 rings (SSSR count). The Kier molecular flexibility index (Phi) is 4.69. The summed E-state index contributed by atoms with van der Waals surface area (Å²) in [5.74, 6) is 0.750. The Bertz CT molecular complexity index is 466. The molecule has 2 fully saturated rings. The summed E-state index contributed by atoms with van der Waals surface area (Å²) in [5, 5.41) is -1.16. The van der Waals surface area contributed by atoms with Gasteiger partial charge in [-0.25, -0.2) is 0 Å². The second-order valence-electron chi connectivity index (χ2n) is 6.41. The molecule has 0 bridgehead atoms. The Labute approximate surface area is 120 Å². The molecule has 20 heavy (non-hydrogen) atoms. The molecule has 0 spiro atoms. The molecule has 1 amide bonds. The third-order valence-corrected chi connectivity index (χ3v) is 5.16. The van der Waals surface area contributed by atoms with Gasteiger partial charge in [-0.3, -0.25) is 4.79 Å². The van der Waals surface area contributed by atoms with Crippen LogP contribution < -0.4 is 0 Å². The molecule has 0 aliphatic carbocycles. The molecule has 2 saturated heterocycles. The molecule has 2 atom stereocenters. The highest BCUT2D eigenvalue weighted by molar-refractivity contribution is 7.87. The Hall–Kier alpha value is -0.690. The van der Waals surface area contributed by atoms with Crippen LogP contribution in [0.2, 0.25) is 0 Å². The second-order valence-corrected chi connectivity index (χ2v) is 8.03. The minimum Gasteiger partial charge on any atom is -0.341 e. The van der Waals surface area contributed by atoms with E-state index >= 15 is 0 Å². The van der Waals surface area contributed by atoms with Crippen molar-refractivity contribution in [2.24, 2.45) is 11.8 Å². The Balaban J connectivity index is 1.84. The fraction of sp³-hybridized carbons (Fsp3) is 0.923. The van der Waals surface area contributed by atoms with Gasteiger partial charge in [0.2, 0.25) is 5.91 Å². The van der Waals surface area contributed by atoms with Crippen LogP contribution in [0.5, 0.6) is 0 Å². The monoisotopic (exact) mass is 306 g/mol. The zero-order chi connectivity index (χ0) is 14.9. The summed E-state index contributed by atoms with van der Waals surface area (Å²) in [4.78, 5) is 15.7. The van der Waals surface area contributed by atoms with E-state index in [1.165, 1.54) is 4.90 Å². The number of hydrogen-bond acceptors (Lipinski definition) is 4. The first-order valence-electron chi connectivity index (χ1n) is 7.19. The molecule has 7 heteroatoms. The summed E-state index contributed by atoms with van der Waals surface area (Å²) in [7, 11) is -4.60. The van der Waals surface area contributed by atoms with E-state index in [9.17, 15) is 17.1 Å². The Morgan fingerprint density at radius 3 is 2.60 bits per heavy atom. The van der Waals surface area contributed by atoms with Crippen molar-refractivity contribution in [3.8, 4) is 0 Å². The normalized spacial score (nSPS) is 28.8. The molecule has 116 valence electrons. The first kappa shape index (κ1) is 15.7. The van der Waals surface area contributed by atoms with E-state index in [0.717, 1.165) is 26.1 Å². The highest BCUT2D eigenvalue weighted by Gasteiger charge is 2.39. The van der Waals surface area contributed by atoms with Gasteiger partial charge in [0, 0.05) is 32.6 Å². The number of carbonyl (C=O) groups is 1. The van der Waals surface area contributed by atoms with Crippen LogP contribution in [0.1, 0.15) is 26.7 Å². The van der Waals surface area contributed by atoms with Crippen LogP contribution in [0.25, 0.3) is 0 Å². The van der Waals surface area contributed by atoms with Gasteiger partial charge in [-0.2, -0.15) is 8.42 Å². The fourth-order valence-electron chi connectivity index (χ4n) is 3.16. The van der Waals surface area contributed by atoms with Crippen molar-refractivity contribution < 1.29 is 17.1 Å². The van der Waals surface area contributed by atoms with Gasteiger partial charge in [0.1, 0.15) is 5.25 Å². The van der Waals surface area contributed by atoms with Crippen molar-refractivity contribution in [2.45, 2.75) is 31.9 Å². The summed E-state index contributed by atoms with van der Waals surface area (Å²) in [6.45, 7) is 7.93. The van der Waals surface area contributed by atoms with Gasteiger partial charge in [-0.1, -0.05) is 13.8 Å². The lowest BCUT2D eigenvalue weighted by atomic mass is 10.1. The van der Waals surface area contributed by atoms with Crippen LogP contribution in [-0.2, 0) is 15.0 Å². The van der Waals surface area contributed by atoms with Crippen LogP contribution in [0.4, 0.5) is 3.89 Å². The van der Waals surface area contributed by atoms with Crippen molar-refractivity contribution >= 4 is 16.1 Å². The summed E-state index contributed by atoms with van der Waals surface area (Å²) < 4.78 is 34.7. The molecule has 0 aromatic carbocycles. The number of amides is 1. The summed E-state index contributed by atoms with van der Waals surface area (Å²) in [6, 6.07) is 0. The smallest absolute Gasteiger partial charge is 0.307 e. The summed E-state index contributed by atoms with van der Waals surface area (Å²) in [5.41, 5.74) is 0. The SMILES string of the molecule is CC(C)CN1CCC(CN2CC(S(=O)(=O)F)CC2=O)C1. The topological polar surface area (TPSA) is 57.7 Å². The first-order valence-corrected chi connectivity index (χ1v) is 8.64. The molecule has 0 saturated carbocycles. The van der Waals surface area contributed by atoms with Gasteiger partial charge in [0.05, 0.1) is 0 Å². The Morgan fingerprint density at radius 2 is 2.05 bits per heavy atom. The van der Waals surface area contributed by atoms with Gasteiger partial charge in [0.15, 0.2) is 0 Å². The summed E-state index contributed by atoms with van der Waals surface area (Å²) >= 11 is 0. The number of rotatable bonds is 5. The minimum absolute atomic E-state index is 0.0122. The maximum absolute atomic E-state index is 12.9. The third kappa shape index (κ3) is 3.91. The number of carbonyl (C=O) groups excluding carboxylic acids is 1. The van der Waals surface area contributed by atoms with E-state index in [-0.39, 0.29) is 18.9 Å². The Morgan fingerprint density at radius 1 is 1.35 bits per heavy atom. The van der Waals surface area contributed by atoms with Crippen molar-refractivity contribution in [1.29, 1.82) is 0 Å². The molecule has 0 aromatic rings. The molecule has 2 unspecified atom stereocenters. The van der Waals surface area contributed by atoms with Crippen LogP contribution in [0.3, 0.4) is 0 Å². The molecule has 0 N–H and O–H groups in total. The average Bonchev–Trinajstić information content (AvgIpc) is 2.86. The van der Waals surface area contributed by atoms with Crippen molar-refractivity contribution in [3.05, 3.63) is 0 Å². The molecule has 2 aliphatic heterocycles. The highest BCUT2D eigenvalue weighted by atomic mass is 32.3. The van der Waals surface area contributed by atoms with E-state index in [0.29, 0.717) is 18.4 Å². The predicted molar refractivity (Wildman–Crippen MR) is 74.4 cm³/mol. The van der Waals surface area contributed by atoms with Gasteiger partial charge in [-0.15, -0.1) is 3.89 Å². The van der Waals surface area contributed by atoms with E-state index in [1.54, 1.807) is 0 Å².